The molecule has 2 aromatic heterocycles. The quantitative estimate of drug-likeness (QED) is 0.171. The van der Waals surface area contributed by atoms with Crippen molar-refractivity contribution in [3.63, 3.8) is 0 Å². The molecule has 1 atom stereocenters. The topological polar surface area (TPSA) is 52.8 Å². The van der Waals surface area contributed by atoms with Gasteiger partial charge in [-0.05, 0) is 37.5 Å². The van der Waals surface area contributed by atoms with E-state index < -0.39 is 0 Å². The Hall–Kier alpha value is -2.90. The molecule has 2 heterocycles. The third-order valence-corrected chi connectivity index (χ3v) is 7.42. The van der Waals surface area contributed by atoms with Crippen LogP contribution < -0.4 is 4.74 Å². The molecule has 0 N–H and O–H groups in total. The molecule has 0 fully saturated rings. The molecule has 0 amide bonds. The van der Waals surface area contributed by atoms with E-state index in [1.165, 1.54) is 11.1 Å². The van der Waals surface area contributed by atoms with Crippen LogP contribution in [-0.2, 0) is 12.3 Å². The Kier molecular flexibility index (Phi) is 7.85. The first-order valence-corrected chi connectivity index (χ1v) is 13.3. The number of allylic oxidation sites excluding steroid dienone is 1. The molecule has 4 aromatic rings. The molecule has 1 unspecified atom stereocenters. The van der Waals surface area contributed by atoms with Crippen molar-refractivity contribution in [1.82, 2.24) is 19.7 Å². The minimum Gasteiger partial charge on any atom is -0.483 e. The Morgan fingerprint density at radius 3 is 2.47 bits per heavy atom. The Balaban J connectivity index is 1.44. The van der Waals surface area contributed by atoms with Gasteiger partial charge in [0.1, 0.15) is 10.8 Å². The molecule has 0 saturated heterocycles. The van der Waals surface area contributed by atoms with E-state index in [1.54, 1.807) is 23.1 Å². The van der Waals surface area contributed by atoms with Crippen LogP contribution in [0.3, 0.4) is 0 Å². The van der Waals surface area contributed by atoms with Crippen molar-refractivity contribution in [3.8, 4) is 16.3 Å². The van der Waals surface area contributed by atoms with Crippen LogP contribution in [0.25, 0.3) is 10.6 Å². The molecule has 0 bridgehead atoms. The number of ether oxygens (including phenoxy) is 1. The number of aryl methyl sites for hydroxylation is 1. The Morgan fingerprint density at radius 1 is 1.06 bits per heavy atom. The Labute approximate surface area is 209 Å². The van der Waals surface area contributed by atoms with E-state index in [0.717, 1.165) is 38.7 Å². The Bertz CT molecular complexity index is 1230. The summed E-state index contributed by atoms with van der Waals surface area (Å²) in [6, 6.07) is 16.7. The van der Waals surface area contributed by atoms with Crippen LogP contribution in [0.1, 0.15) is 55.4 Å². The third kappa shape index (κ3) is 5.77. The lowest BCUT2D eigenvalue weighted by molar-refractivity contribution is 0.210. The summed E-state index contributed by atoms with van der Waals surface area (Å²) in [6.07, 6.45) is 1.62. The second-order valence-corrected chi connectivity index (χ2v) is 10.3. The fourth-order valence-electron chi connectivity index (χ4n) is 3.54. The first-order chi connectivity index (χ1) is 16.4. The summed E-state index contributed by atoms with van der Waals surface area (Å²) in [4.78, 5) is 4.81. The van der Waals surface area contributed by atoms with Crippen LogP contribution in [0.2, 0.25) is 0 Å². The highest BCUT2D eigenvalue weighted by atomic mass is 32.2. The molecule has 0 aliphatic rings. The lowest BCUT2D eigenvalue weighted by Gasteiger charge is -2.16. The van der Waals surface area contributed by atoms with Gasteiger partial charge in [0.25, 0.3) is 0 Å². The zero-order valence-electron chi connectivity index (χ0n) is 20.1. The van der Waals surface area contributed by atoms with E-state index in [4.69, 9.17) is 9.72 Å². The van der Waals surface area contributed by atoms with E-state index in [9.17, 15) is 0 Å². The molecule has 176 valence electrons. The zero-order valence-corrected chi connectivity index (χ0v) is 21.7. The summed E-state index contributed by atoms with van der Waals surface area (Å²) in [7, 11) is 0. The summed E-state index contributed by atoms with van der Waals surface area (Å²) in [5, 5.41) is 12.9. The van der Waals surface area contributed by atoms with Gasteiger partial charge in [0.2, 0.25) is 0 Å². The molecule has 0 radical (unpaired) electrons. The summed E-state index contributed by atoms with van der Waals surface area (Å²) in [5.74, 6) is 2.83. The number of nitrogens with zero attached hydrogens (tertiary/aromatic N) is 4. The van der Waals surface area contributed by atoms with Gasteiger partial charge in [-0.2, -0.15) is 0 Å². The first-order valence-electron chi connectivity index (χ1n) is 11.4. The van der Waals surface area contributed by atoms with E-state index >= 15 is 0 Å². The predicted octanol–water partition coefficient (Wildman–Crippen LogP) is 7.45. The number of rotatable bonds is 10. The number of thioether (sulfide) groups is 1. The fourth-order valence-corrected chi connectivity index (χ4v) is 5.32. The molecule has 2 aromatic carbocycles. The van der Waals surface area contributed by atoms with Crippen LogP contribution >= 0.6 is 23.1 Å². The molecule has 7 heteroatoms. The second-order valence-electron chi connectivity index (χ2n) is 8.52. The second kappa shape index (κ2) is 11.0. The molecule has 5 nitrogen and oxygen atoms in total. The van der Waals surface area contributed by atoms with Crippen LogP contribution in [0.4, 0.5) is 0 Å². The molecule has 0 aliphatic heterocycles. The standard InChI is InChI=1S/C27H30N4OS2/c1-6-15-31-25(20(5)32-24-13-11-21(12-14-24)18(2)3)29-30-27(31)34-17-23-16-33-26(28-23)22-9-7-19(4)8-10-22/h6-14,16,18,20H,1,15,17H2,2-5H3. The molecular weight excluding hydrogens is 460 g/mol. The molecule has 0 saturated carbocycles. The number of aromatic nitrogens is 4. The summed E-state index contributed by atoms with van der Waals surface area (Å²) in [5.41, 5.74) is 4.73. The minimum atomic E-state index is -0.237. The Morgan fingerprint density at radius 2 is 1.79 bits per heavy atom. The molecule has 0 aliphatic carbocycles. The zero-order chi connectivity index (χ0) is 24.1. The predicted molar refractivity (Wildman–Crippen MR) is 142 cm³/mol. The maximum atomic E-state index is 6.18. The van der Waals surface area contributed by atoms with Crippen molar-refractivity contribution < 1.29 is 4.74 Å². The van der Waals surface area contributed by atoms with E-state index in [0.29, 0.717) is 12.5 Å². The molecule has 0 spiro atoms. The van der Waals surface area contributed by atoms with Crippen molar-refractivity contribution >= 4 is 23.1 Å². The number of hydrogen-bond donors (Lipinski definition) is 0. The van der Waals surface area contributed by atoms with Crippen molar-refractivity contribution in [3.05, 3.63) is 89.2 Å². The van der Waals surface area contributed by atoms with E-state index in [2.05, 4.69) is 83.9 Å². The van der Waals surface area contributed by atoms with Gasteiger partial charge in [-0.1, -0.05) is 73.6 Å². The van der Waals surface area contributed by atoms with Crippen molar-refractivity contribution in [2.24, 2.45) is 0 Å². The third-order valence-electron chi connectivity index (χ3n) is 5.48. The van der Waals surface area contributed by atoms with Crippen LogP contribution in [-0.4, -0.2) is 19.7 Å². The fraction of sp³-hybridized carbons (Fsp3) is 0.296. The van der Waals surface area contributed by atoms with Gasteiger partial charge in [-0.3, -0.25) is 4.57 Å². The van der Waals surface area contributed by atoms with Gasteiger partial charge in [0, 0.05) is 23.2 Å². The van der Waals surface area contributed by atoms with Crippen LogP contribution in [0.5, 0.6) is 5.75 Å². The average Bonchev–Trinajstić information content (AvgIpc) is 3.46. The lowest BCUT2D eigenvalue weighted by Crippen LogP contribution is -2.12. The highest BCUT2D eigenvalue weighted by Crippen LogP contribution is 2.30. The number of benzene rings is 2. The van der Waals surface area contributed by atoms with Gasteiger partial charge in [-0.25, -0.2) is 4.98 Å². The van der Waals surface area contributed by atoms with Gasteiger partial charge in [-0.15, -0.1) is 28.1 Å². The van der Waals surface area contributed by atoms with Gasteiger partial charge in [0.05, 0.1) is 5.69 Å². The lowest BCUT2D eigenvalue weighted by atomic mass is 10.0. The van der Waals surface area contributed by atoms with E-state index in [-0.39, 0.29) is 6.10 Å². The maximum Gasteiger partial charge on any atom is 0.192 e. The maximum absolute atomic E-state index is 6.18. The minimum absolute atomic E-state index is 0.237. The van der Waals surface area contributed by atoms with Crippen molar-refractivity contribution in [2.75, 3.05) is 0 Å². The van der Waals surface area contributed by atoms with E-state index in [1.807, 2.05) is 25.1 Å². The number of thiazole rings is 1. The van der Waals surface area contributed by atoms with Gasteiger partial charge < -0.3 is 4.74 Å². The molecule has 4 rings (SSSR count). The monoisotopic (exact) mass is 490 g/mol. The van der Waals surface area contributed by atoms with Crippen LogP contribution in [0.15, 0.2) is 71.7 Å². The summed E-state index contributed by atoms with van der Waals surface area (Å²) >= 11 is 3.30. The average molecular weight is 491 g/mol. The first kappa shape index (κ1) is 24.2. The molecule has 34 heavy (non-hydrogen) atoms. The SMILES string of the molecule is C=CCn1c(SCc2csc(-c3ccc(C)cc3)n2)nnc1C(C)Oc1ccc(C(C)C)cc1. The normalized spacial score (nSPS) is 12.1. The highest BCUT2D eigenvalue weighted by Gasteiger charge is 2.19. The number of hydrogen-bond acceptors (Lipinski definition) is 6. The van der Waals surface area contributed by atoms with Gasteiger partial charge in [0.15, 0.2) is 17.1 Å². The summed E-state index contributed by atoms with van der Waals surface area (Å²) < 4.78 is 8.25. The summed E-state index contributed by atoms with van der Waals surface area (Å²) in [6.45, 7) is 13.0. The van der Waals surface area contributed by atoms with Crippen LogP contribution in [0, 0.1) is 6.92 Å². The highest BCUT2D eigenvalue weighted by molar-refractivity contribution is 7.98. The molecular formula is C27H30N4OS2. The smallest absolute Gasteiger partial charge is 0.192 e. The van der Waals surface area contributed by atoms with Gasteiger partial charge >= 0.3 is 0 Å². The van der Waals surface area contributed by atoms with Crippen molar-refractivity contribution in [1.29, 1.82) is 0 Å². The largest absolute Gasteiger partial charge is 0.483 e. The van der Waals surface area contributed by atoms with Crippen molar-refractivity contribution in [2.45, 2.75) is 57.2 Å².